The van der Waals surface area contributed by atoms with Crippen LogP contribution in [0, 0.1) is 11.3 Å². The van der Waals surface area contributed by atoms with Crippen molar-refractivity contribution in [1.29, 1.82) is 5.26 Å². The first kappa shape index (κ1) is 13.0. The van der Waals surface area contributed by atoms with Crippen LogP contribution in [0.3, 0.4) is 0 Å². The van der Waals surface area contributed by atoms with Crippen LogP contribution in [-0.4, -0.2) is 0 Å². The van der Waals surface area contributed by atoms with Gasteiger partial charge in [-0.2, -0.15) is 5.26 Å². The SMILES string of the molecule is CC(C)c1ccc(Nc2cc(C#N)ccc2N)cc1. The molecule has 0 saturated heterocycles. The summed E-state index contributed by atoms with van der Waals surface area (Å²) in [6, 6.07) is 15.5. The van der Waals surface area contributed by atoms with Crippen LogP contribution < -0.4 is 11.1 Å². The zero-order valence-electron chi connectivity index (χ0n) is 11.1. The molecule has 2 aromatic carbocycles. The van der Waals surface area contributed by atoms with Crippen molar-refractivity contribution < 1.29 is 0 Å². The van der Waals surface area contributed by atoms with Crippen molar-refractivity contribution in [2.24, 2.45) is 0 Å². The molecule has 0 aliphatic carbocycles. The third kappa shape index (κ3) is 3.05. The van der Waals surface area contributed by atoms with E-state index < -0.39 is 0 Å². The molecule has 2 aromatic rings. The fourth-order valence-electron chi connectivity index (χ4n) is 1.84. The lowest BCUT2D eigenvalue weighted by molar-refractivity contribution is 0.867. The average Bonchev–Trinajstić information content (AvgIpc) is 2.42. The fraction of sp³-hybridized carbons (Fsp3) is 0.188. The Morgan fingerprint density at radius 2 is 1.79 bits per heavy atom. The minimum Gasteiger partial charge on any atom is -0.397 e. The number of hydrogen-bond acceptors (Lipinski definition) is 3. The maximum absolute atomic E-state index is 8.90. The molecule has 2 rings (SSSR count). The normalized spacial score (nSPS) is 10.2. The smallest absolute Gasteiger partial charge is 0.0992 e. The van der Waals surface area contributed by atoms with Gasteiger partial charge in [-0.15, -0.1) is 0 Å². The minimum absolute atomic E-state index is 0.515. The van der Waals surface area contributed by atoms with E-state index in [4.69, 9.17) is 11.0 Å². The Balaban J connectivity index is 2.24. The third-order valence-corrected chi connectivity index (χ3v) is 3.04. The van der Waals surface area contributed by atoms with Crippen LogP contribution in [0.1, 0.15) is 30.9 Å². The molecule has 0 aliphatic heterocycles. The molecule has 0 atom stereocenters. The summed E-state index contributed by atoms with van der Waals surface area (Å²) in [7, 11) is 0. The number of nitrogens with one attached hydrogen (secondary N) is 1. The van der Waals surface area contributed by atoms with E-state index in [0.29, 0.717) is 17.2 Å². The van der Waals surface area contributed by atoms with Crippen LogP contribution >= 0.6 is 0 Å². The number of hydrogen-bond donors (Lipinski definition) is 2. The van der Waals surface area contributed by atoms with Crippen molar-refractivity contribution in [2.75, 3.05) is 11.1 Å². The lowest BCUT2D eigenvalue weighted by Crippen LogP contribution is -1.97. The van der Waals surface area contributed by atoms with Crippen LogP contribution in [0.5, 0.6) is 0 Å². The molecule has 0 amide bonds. The Morgan fingerprint density at radius 3 is 2.37 bits per heavy atom. The number of benzene rings is 2. The van der Waals surface area contributed by atoms with E-state index in [1.807, 2.05) is 12.1 Å². The highest BCUT2D eigenvalue weighted by Crippen LogP contribution is 2.25. The zero-order valence-corrected chi connectivity index (χ0v) is 11.1. The molecule has 0 aliphatic rings. The Bertz CT molecular complexity index is 607. The summed E-state index contributed by atoms with van der Waals surface area (Å²) in [5.74, 6) is 0.515. The molecule has 0 saturated carbocycles. The van der Waals surface area contributed by atoms with Gasteiger partial charge in [-0.25, -0.2) is 0 Å². The summed E-state index contributed by atoms with van der Waals surface area (Å²) in [5, 5.41) is 12.1. The van der Waals surface area contributed by atoms with E-state index in [9.17, 15) is 0 Å². The van der Waals surface area contributed by atoms with Crippen molar-refractivity contribution in [3.63, 3.8) is 0 Å². The van der Waals surface area contributed by atoms with Crippen molar-refractivity contribution in [2.45, 2.75) is 19.8 Å². The first-order chi connectivity index (χ1) is 9.10. The molecule has 0 unspecified atom stereocenters. The number of anilines is 3. The third-order valence-electron chi connectivity index (χ3n) is 3.04. The molecule has 0 bridgehead atoms. The van der Waals surface area contributed by atoms with Crippen molar-refractivity contribution in [3.05, 3.63) is 53.6 Å². The van der Waals surface area contributed by atoms with E-state index in [1.54, 1.807) is 18.2 Å². The Hall–Kier alpha value is -2.47. The molecule has 0 spiro atoms. The standard InChI is InChI=1S/C16H17N3/c1-11(2)13-4-6-14(7-5-13)19-16-9-12(10-17)3-8-15(16)18/h3-9,11,19H,18H2,1-2H3. The van der Waals surface area contributed by atoms with Crippen molar-refractivity contribution in [1.82, 2.24) is 0 Å². The number of nitrogen functional groups attached to an aromatic ring is 1. The van der Waals surface area contributed by atoms with Crippen LogP contribution in [-0.2, 0) is 0 Å². The summed E-state index contributed by atoms with van der Waals surface area (Å²) in [5.41, 5.74) is 10.1. The van der Waals surface area contributed by atoms with E-state index in [0.717, 1.165) is 11.4 Å². The number of nitriles is 1. The lowest BCUT2D eigenvalue weighted by Gasteiger charge is -2.11. The van der Waals surface area contributed by atoms with E-state index in [-0.39, 0.29) is 0 Å². The fourth-order valence-corrected chi connectivity index (χ4v) is 1.84. The first-order valence-electron chi connectivity index (χ1n) is 6.27. The Labute approximate surface area is 113 Å². The monoisotopic (exact) mass is 251 g/mol. The molecule has 96 valence electrons. The summed E-state index contributed by atoms with van der Waals surface area (Å²) in [6.07, 6.45) is 0. The van der Waals surface area contributed by atoms with Crippen LogP contribution in [0.15, 0.2) is 42.5 Å². The van der Waals surface area contributed by atoms with Crippen LogP contribution in [0.2, 0.25) is 0 Å². The van der Waals surface area contributed by atoms with Gasteiger partial charge in [0.15, 0.2) is 0 Å². The van der Waals surface area contributed by atoms with Crippen molar-refractivity contribution in [3.8, 4) is 6.07 Å². The maximum Gasteiger partial charge on any atom is 0.0992 e. The summed E-state index contributed by atoms with van der Waals surface area (Å²) in [6.45, 7) is 4.33. The number of nitrogens with two attached hydrogens (primary N) is 1. The maximum atomic E-state index is 8.90. The molecule has 0 heterocycles. The van der Waals surface area contributed by atoms with E-state index in [1.165, 1.54) is 5.56 Å². The van der Waals surface area contributed by atoms with E-state index >= 15 is 0 Å². The molecule has 0 radical (unpaired) electrons. The van der Waals surface area contributed by atoms with Crippen molar-refractivity contribution >= 4 is 17.1 Å². The molecule has 0 fully saturated rings. The molecule has 3 nitrogen and oxygen atoms in total. The van der Waals surface area contributed by atoms with Crippen LogP contribution in [0.4, 0.5) is 17.1 Å². The van der Waals surface area contributed by atoms with Gasteiger partial charge in [0, 0.05) is 5.69 Å². The molecular weight excluding hydrogens is 234 g/mol. The quantitative estimate of drug-likeness (QED) is 0.810. The lowest BCUT2D eigenvalue weighted by atomic mass is 10.0. The van der Waals surface area contributed by atoms with Gasteiger partial charge in [0.1, 0.15) is 0 Å². The topological polar surface area (TPSA) is 61.8 Å². The molecular formula is C16H17N3. The van der Waals surface area contributed by atoms with Gasteiger partial charge in [0.05, 0.1) is 23.0 Å². The highest BCUT2D eigenvalue weighted by Gasteiger charge is 2.03. The molecule has 19 heavy (non-hydrogen) atoms. The summed E-state index contributed by atoms with van der Waals surface area (Å²) >= 11 is 0. The van der Waals surface area contributed by atoms with E-state index in [2.05, 4.69) is 37.4 Å². The molecule has 3 N–H and O–H groups in total. The Morgan fingerprint density at radius 1 is 1.11 bits per heavy atom. The second kappa shape index (κ2) is 5.45. The van der Waals surface area contributed by atoms with Gasteiger partial charge in [0.2, 0.25) is 0 Å². The van der Waals surface area contributed by atoms with Gasteiger partial charge in [-0.1, -0.05) is 26.0 Å². The zero-order chi connectivity index (χ0) is 13.8. The molecule has 0 aromatic heterocycles. The van der Waals surface area contributed by atoms with Gasteiger partial charge in [0.25, 0.3) is 0 Å². The predicted octanol–water partition coefficient (Wildman–Crippen LogP) is 4.01. The summed E-state index contributed by atoms with van der Waals surface area (Å²) in [4.78, 5) is 0. The summed E-state index contributed by atoms with van der Waals surface area (Å²) < 4.78 is 0. The van der Waals surface area contributed by atoms with Gasteiger partial charge < -0.3 is 11.1 Å². The number of nitrogens with zero attached hydrogens (tertiary/aromatic N) is 1. The van der Waals surface area contributed by atoms with Gasteiger partial charge in [-0.05, 0) is 41.8 Å². The number of rotatable bonds is 3. The first-order valence-corrected chi connectivity index (χ1v) is 6.27. The molecule has 3 heteroatoms. The second-order valence-electron chi connectivity index (χ2n) is 4.82. The highest BCUT2D eigenvalue weighted by atomic mass is 14.9. The van der Waals surface area contributed by atoms with Gasteiger partial charge >= 0.3 is 0 Å². The highest BCUT2D eigenvalue weighted by molar-refractivity contribution is 5.74. The average molecular weight is 251 g/mol. The van der Waals surface area contributed by atoms with Crippen LogP contribution in [0.25, 0.3) is 0 Å². The Kier molecular flexibility index (Phi) is 3.72. The largest absolute Gasteiger partial charge is 0.397 e. The minimum atomic E-state index is 0.515. The van der Waals surface area contributed by atoms with Gasteiger partial charge in [-0.3, -0.25) is 0 Å². The second-order valence-corrected chi connectivity index (χ2v) is 4.82. The predicted molar refractivity (Wildman–Crippen MR) is 79.4 cm³/mol.